The van der Waals surface area contributed by atoms with Gasteiger partial charge < -0.3 is 20.7 Å². The van der Waals surface area contributed by atoms with Crippen LogP contribution in [0.5, 0.6) is 0 Å². The Labute approximate surface area is 249 Å². The number of primary amides is 1. The SMILES string of the molecule is CCCC(C(=O)NCC(N)=O)N1C(=O)C(Cc2ccc(C#N)cc2)OC(c2ccc(Cl)cc2)C1c1ccc(Cl)cc1. The van der Waals surface area contributed by atoms with Crippen LogP contribution in [-0.4, -0.2) is 41.3 Å². The number of ether oxygens (including phenoxy) is 1. The van der Waals surface area contributed by atoms with Crippen molar-refractivity contribution < 1.29 is 19.1 Å². The molecule has 3 aromatic carbocycles. The minimum Gasteiger partial charge on any atom is -0.368 e. The second kappa shape index (κ2) is 13.6. The average molecular weight is 594 g/mol. The van der Waals surface area contributed by atoms with E-state index in [0.29, 0.717) is 28.5 Å². The van der Waals surface area contributed by atoms with Crippen molar-refractivity contribution in [1.82, 2.24) is 10.2 Å². The minimum absolute atomic E-state index is 0.222. The molecule has 10 heteroatoms. The lowest BCUT2D eigenvalue weighted by Crippen LogP contribution is -2.59. The van der Waals surface area contributed by atoms with Gasteiger partial charge in [-0.1, -0.05) is 72.9 Å². The van der Waals surface area contributed by atoms with Gasteiger partial charge in [-0.3, -0.25) is 14.4 Å². The molecule has 0 spiro atoms. The number of carbonyl (C=O) groups excluding carboxylic acids is 3. The number of rotatable bonds is 10. The summed E-state index contributed by atoms with van der Waals surface area (Å²) >= 11 is 12.4. The van der Waals surface area contributed by atoms with E-state index in [2.05, 4.69) is 11.4 Å². The zero-order valence-electron chi connectivity index (χ0n) is 22.4. The third-order valence-electron chi connectivity index (χ3n) is 6.98. The molecule has 0 aromatic heterocycles. The van der Waals surface area contributed by atoms with Crippen LogP contribution in [-0.2, 0) is 25.5 Å². The summed E-state index contributed by atoms with van der Waals surface area (Å²) in [6.45, 7) is 1.57. The first-order chi connectivity index (χ1) is 19.7. The van der Waals surface area contributed by atoms with Gasteiger partial charge in [0.05, 0.1) is 24.2 Å². The maximum absolute atomic E-state index is 14.3. The lowest BCUT2D eigenvalue weighted by molar-refractivity contribution is -0.181. The molecule has 1 aliphatic rings. The summed E-state index contributed by atoms with van der Waals surface area (Å²) in [5.41, 5.74) is 8.09. The Morgan fingerprint density at radius 1 is 1.00 bits per heavy atom. The van der Waals surface area contributed by atoms with Crippen LogP contribution in [0.1, 0.15) is 54.2 Å². The molecule has 1 heterocycles. The maximum atomic E-state index is 14.3. The molecular weight excluding hydrogens is 563 g/mol. The Kier molecular flexibility index (Phi) is 10.0. The molecule has 41 heavy (non-hydrogen) atoms. The first-order valence-corrected chi connectivity index (χ1v) is 14.0. The van der Waals surface area contributed by atoms with E-state index in [9.17, 15) is 19.6 Å². The number of nitrogens with zero attached hydrogens (tertiary/aromatic N) is 2. The summed E-state index contributed by atoms with van der Waals surface area (Å²) in [6, 6.07) is 21.7. The second-order valence-electron chi connectivity index (χ2n) is 9.84. The van der Waals surface area contributed by atoms with Gasteiger partial charge in [-0.15, -0.1) is 0 Å². The van der Waals surface area contributed by atoms with Crippen LogP contribution in [0.4, 0.5) is 0 Å². The normalized spacial score (nSPS) is 19.3. The van der Waals surface area contributed by atoms with Crippen molar-refractivity contribution in [2.45, 2.75) is 50.5 Å². The van der Waals surface area contributed by atoms with Gasteiger partial charge in [0, 0.05) is 16.5 Å². The highest BCUT2D eigenvalue weighted by atomic mass is 35.5. The molecule has 4 unspecified atom stereocenters. The van der Waals surface area contributed by atoms with Crippen molar-refractivity contribution in [1.29, 1.82) is 5.26 Å². The molecule has 0 aliphatic carbocycles. The molecule has 3 aromatic rings. The van der Waals surface area contributed by atoms with Crippen LogP contribution in [0.25, 0.3) is 0 Å². The second-order valence-corrected chi connectivity index (χ2v) is 10.7. The number of morpholine rings is 1. The molecule has 0 bridgehead atoms. The third kappa shape index (κ3) is 7.25. The summed E-state index contributed by atoms with van der Waals surface area (Å²) < 4.78 is 6.58. The molecule has 0 saturated carbocycles. The van der Waals surface area contributed by atoms with Crippen molar-refractivity contribution >= 4 is 40.9 Å². The number of nitrogens with two attached hydrogens (primary N) is 1. The van der Waals surface area contributed by atoms with E-state index in [0.717, 1.165) is 16.7 Å². The fourth-order valence-corrected chi connectivity index (χ4v) is 5.29. The highest BCUT2D eigenvalue weighted by Gasteiger charge is 2.48. The number of hydrogen-bond donors (Lipinski definition) is 2. The van der Waals surface area contributed by atoms with E-state index in [-0.39, 0.29) is 18.9 Å². The van der Waals surface area contributed by atoms with Crippen molar-refractivity contribution in [3.8, 4) is 6.07 Å². The van der Waals surface area contributed by atoms with Crippen molar-refractivity contribution in [2.75, 3.05) is 6.54 Å². The van der Waals surface area contributed by atoms with E-state index in [1.807, 2.05) is 31.2 Å². The Bertz CT molecular complexity index is 1420. The van der Waals surface area contributed by atoms with Crippen LogP contribution in [0.2, 0.25) is 10.0 Å². The fourth-order valence-electron chi connectivity index (χ4n) is 5.04. The predicted octanol–water partition coefficient (Wildman–Crippen LogP) is 4.89. The first-order valence-electron chi connectivity index (χ1n) is 13.3. The number of halogens is 2. The molecule has 1 saturated heterocycles. The third-order valence-corrected chi connectivity index (χ3v) is 7.48. The number of nitrogens with one attached hydrogen (secondary N) is 1. The molecule has 1 aliphatic heterocycles. The van der Waals surface area contributed by atoms with Crippen LogP contribution < -0.4 is 11.1 Å². The Morgan fingerprint density at radius 2 is 1.59 bits per heavy atom. The summed E-state index contributed by atoms with van der Waals surface area (Å²) in [4.78, 5) is 40.9. The smallest absolute Gasteiger partial charge is 0.253 e. The molecule has 4 atom stereocenters. The molecule has 212 valence electrons. The van der Waals surface area contributed by atoms with Gasteiger partial charge >= 0.3 is 0 Å². The maximum Gasteiger partial charge on any atom is 0.253 e. The lowest BCUT2D eigenvalue weighted by atomic mass is 9.88. The zero-order valence-corrected chi connectivity index (χ0v) is 23.9. The van der Waals surface area contributed by atoms with Crippen molar-refractivity contribution in [3.05, 3.63) is 105 Å². The summed E-state index contributed by atoms with van der Waals surface area (Å²) in [5, 5.41) is 12.8. The van der Waals surface area contributed by atoms with Crippen LogP contribution in [0.3, 0.4) is 0 Å². The minimum atomic E-state index is -0.935. The summed E-state index contributed by atoms with van der Waals surface area (Å²) in [7, 11) is 0. The Morgan fingerprint density at radius 3 is 2.12 bits per heavy atom. The number of benzene rings is 3. The molecule has 0 radical (unpaired) electrons. The summed E-state index contributed by atoms with van der Waals surface area (Å²) in [5.74, 6) is -1.53. The largest absolute Gasteiger partial charge is 0.368 e. The number of nitriles is 1. The van der Waals surface area contributed by atoms with Crippen molar-refractivity contribution in [2.24, 2.45) is 5.73 Å². The number of hydrogen-bond acceptors (Lipinski definition) is 5. The molecule has 3 N–H and O–H groups in total. The van der Waals surface area contributed by atoms with E-state index in [1.165, 1.54) is 0 Å². The molecule has 3 amide bonds. The van der Waals surface area contributed by atoms with Crippen molar-refractivity contribution in [3.63, 3.8) is 0 Å². The van der Waals surface area contributed by atoms with E-state index < -0.39 is 36.1 Å². The predicted molar refractivity (Wildman–Crippen MR) is 156 cm³/mol. The molecular formula is C31H30Cl2N4O4. The zero-order chi connectivity index (χ0) is 29.5. The van der Waals surface area contributed by atoms with E-state index >= 15 is 0 Å². The summed E-state index contributed by atoms with van der Waals surface area (Å²) in [6.07, 6.45) is -0.441. The fraction of sp³-hybridized carbons (Fsp3) is 0.290. The van der Waals surface area contributed by atoms with Crippen LogP contribution >= 0.6 is 23.2 Å². The molecule has 8 nitrogen and oxygen atoms in total. The van der Waals surface area contributed by atoms with Gasteiger partial charge in [0.15, 0.2) is 0 Å². The average Bonchev–Trinajstić information content (AvgIpc) is 2.97. The monoisotopic (exact) mass is 592 g/mol. The van der Waals surface area contributed by atoms with Gasteiger partial charge in [-0.05, 0) is 59.5 Å². The van der Waals surface area contributed by atoms with Gasteiger partial charge in [-0.2, -0.15) is 5.26 Å². The Balaban J connectivity index is 1.84. The van der Waals surface area contributed by atoms with Crippen LogP contribution in [0.15, 0.2) is 72.8 Å². The van der Waals surface area contributed by atoms with Gasteiger partial charge in [-0.25, -0.2) is 0 Å². The quantitative estimate of drug-likeness (QED) is 0.347. The lowest BCUT2D eigenvalue weighted by Gasteiger charge is -2.47. The number of carbonyl (C=O) groups is 3. The highest BCUT2D eigenvalue weighted by Crippen LogP contribution is 2.44. The van der Waals surface area contributed by atoms with Gasteiger partial charge in [0.2, 0.25) is 11.8 Å². The number of amides is 3. The van der Waals surface area contributed by atoms with Gasteiger partial charge in [0.1, 0.15) is 18.2 Å². The van der Waals surface area contributed by atoms with Gasteiger partial charge in [0.25, 0.3) is 5.91 Å². The van der Waals surface area contributed by atoms with E-state index in [4.69, 9.17) is 33.7 Å². The Hall–Kier alpha value is -3.90. The molecule has 1 fully saturated rings. The first kappa shape index (κ1) is 30.1. The molecule has 4 rings (SSSR count). The van der Waals surface area contributed by atoms with Crippen LogP contribution in [0, 0.1) is 11.3 Å². The van der Waals surface area contributed by atoms with E-state index in [1.54, 1.807) is 53.4 Å². The topological polar surface area (TPSA) is 126 Å². The highest BCUT2D eigenvalue weighted by molar-refractivity contribution is 6.30. The standard InChI is InChI=1S/C31H30Cl2N4O4/c1-2-3-25(30(39)36-18-27(35)38)37-28(21-8-12-23(32)13-9-21)29(22-10-14-24(33)15-11-22)41-26(31(37)40)16-19-4-6-20(17-34)7-5-19/h4-15,25-26,28-29H,2-3,16,18H2,1H3,(H2,35,38)(H,36,39).